The standard InChI is InChI=1S/C31H39FN4O3/c1-6-36(34)25-14-13-24(28(32)29(25)33)27(20(3)30(37)38)21-12-11-19(2)23(15-21)17-35-16-22-9-7-8-10-26(22)39-31(4,5)18-35/h7-15,20,27H,6,16-18,33-34H2,1-5H3,(H,37,38)/t20?,27-/m0/s1. The molecule has 3 aromatic rings. The number of carbonyl (C=O) groups is 1. The fourth-order valence-electron chi connectivity index (χ4n) is 5.45. The number of benzene rings is 3. The largest absolute Gasteiger partial charge is 0.486 e. The Hall–Kier alpha value is -3.62. The van der Waals surface area contributed by atoms with E-state index < -0.39 is 29.2 Å². The number of ether oxygens (including phenoxy) is 1. The van der Waals surface area contributed by atoms with E-state index in [1.807, 2.05) is 50.2 Å². The third-order valence-corrected chi connectivity index (χ3v) is 7.54. The van der Waals surface area contributed by atoms with Crippen LogP contribution in [0.3, 0.4) is 0 Å². The Kier molecular flexibility index (Phi) is 8.18. The maximum Gasteiger partial charge on any atom is 0.307 e. The van der Waals surface area contributed by atoms with Gasteiger partial charge in [0.2, 0.25) is 0 Å². The van der Waals surface area contributed by atoms with Crippen molar-refractivity contribution in [2.75, 3.05) is 23.8 Å². The number of hydrazine groups is 1. The van der Waals surface area contributed by atoms with Gasteiger partial charge in [-0.05, 0) is 62.1 Å². The summed E-state index contributed by atoms with van der Waals surface area (Å²) in [5.74, 6) is 3.58. The molecule has 7 nitrogen and oxygen atoms in total. The minimum absolute atomic E-state index is 0.0859. The van der Waals surface area contributed by atoms with Gasteiger partial charge in [-0.3, -0.25) is 9.69 Å². The Bertz CT molecular complexity index is 1360. The molecule has 0 bridgehead atoms. The van der Waals surface area contributed by atoms with E-state index in [4.69, 9.17) is 16.3 Å². The van der Waals surface area contributed by atoms with Gasteiger partial charge in [-0.15, -0.1) is 0 Å². The van der Waals surface area contributed by atoms with Crippen molar-refractivity contribution in [1.29, 1.82) is 0 Å². The third-order valence-electron chi connectivity index (χ3n) is 7.54. The van der Waals surface area contributed by atoms with Crippen LogP contribution in [0.4, 0.5) is 15.8 Å². The van der Waals surface area contributed by atoms with Crippen molar-refractivity contribution in [2.45, 2.75) is 59.2 Å². The number of nitrogens with zero attached hydrogens (tertiary/aromatic N) is 2. The molecule has 0 aliphatic carbocycles. The normalized spacial score (nSPS) is 16.5. The second-order valence-corrected chi connectivity index (χ2v) is 11.1. The van der Waals surface area contributed by atoms with E-state index >= 15 is 4.39 Å². The summed E-state index contributed by atoms with van der Waals surface area (Å²) in [4.78, 5) is 14.5. The van der Waals surface area contributed by atoms with E-state index in [-0.39, 0.29) is 11.3 Å². The molecule has 0 spiro atoms. The molecule has 0 saturated carbocycles. The van der Waals surface area contributed by atoms with E-state index in [2.05, 4.69) is 24.8 Å². The topological polar surface area (TPSA) is 105 Å². The van der Waals surface area contributed by atoms with E-state index in [0.717, 1.165) is 34.5 Å². The highest BCUT2D eigenvalue weighted by molar-refractivity contribution is 5.74. The molecule has 3 aromatic carbocycles. The lowest BCUT2D eigenvalue weighted by Crippen LogP contribution is -2.40. The van der Waals surface area contributed by atoms with Gasteiger partial charge in [-0.2, -0.15) is 0 Å². The molecular weight excluding hydrogens is 495 g/mol. The molecule has 39 heavy (non-hydrogen) atoms. The van der Waals surface area contributed by atoms with Gasteiger partial charge in [-0.25, -0.2) is 10.2 Å². The first kappa shape index (κ1) is 28.4. The first-order chi connectivity index (χ1) is 18.4. The second kappa shape index (κ2) is 11.2. The second-order valence-electron chi connectivity index (χ2n) is 11.1. The van der Waals surface area contributed by atoms with Gasteiger partial charge in [0.25, 0.3) is 0 Å². The molecule has 1 unspecified atom stereocenters. The Morgan fingerprint density at radius 2 is 1.92 bits per heavy atom. The summed E-state index contributed by atoms with van der Waals surface area (Å²) in [6, 6.07) is 17.2. The molecule has 208 valence electrons. The van der Waals surface area contributed by atoms with Crippen LogP contribution < -0.4 is 21.3 Å². The number of aliphatic carboxylic acids is 1. The van der Waals surface area contributed by atoms with Gasteiger partial charge in [0.05, 0.1) is 17.3 Å². The van der Waals surface area contributed by atoms with Crippen molar-refractivity contribution in [2.24, 2.45) is 11.8 Å². The predicted octanol–water partition coefficient (Wildman–Crippen LogP) is 5.44. The van der Waals surface area contributed by atoms with Crippen molar-refractivity contribution in [1.82, 2.24) is 4.90 Å². The Balaban J connectivity index is 1.74. The highest BCUT2D eigenvalue weighted by atomic mass is 19.1. The highest BCUT2D eigenvalue weighted by Gasteiger charge is 2.32. The number of nitrogen functional groups attached to an aromatic ring is 1. The van der Waals surface area contributed by atoms with Gasteiger partial charge >= 0.3 is 5.97 Å². The van der Waals surface area contributed by atoms with Crippen molar-refractivity contribution in [3.05, 3.63) is 88.2 Å². The van der Waals surface area contributed by atoms with Crippen LogP contribution in [0.2, 0.25) is 0 Å². The van der Waals surface area contributed by atoms with Crippen LogP contribution >= 0.6 is 0 Å². The summed E-state index contributed by atoms with van der Waals surface area (Å²) in [6.45, 7) is 12.1. The lowest BCUT2D eigenvalue weighted by atomic mass is 9.80. The van der Waals surface area contributed by atoms with E-state index in [9.17, 15) is 9.90 Å². The fourth-order valence-corrected chi connectivity index (χ4v) is 5.45. The molecule has 5 N–H and O–H groups in total. The van der Waals surface area contributed by atoms with Gasteiger partial charge in [-0.1, -0.05) is 49.4 Å². The zero-order chi connectivity index (χ0) is 28.5. The quantitative estimate of drug-likeness (QED) is 0.201. The number of fused-ring (bicyclic) bond motifs is 1. The van der Waals surface area contributed by atoms with Gasteiger partial charge in [0.15, 0.2) is 5.82 Å². The van der Waals surface area contributed by atoms with Crippen molar-refractivity contribution in [3.63, 3.8) is 0 Å². The third kappa shape index (κ3) is 6.02. The van der Waals surface area contributed by atoms with Crippen LogP contribution in [0.5, 0.6) is 5.75 Å². The number of aryl methyl sites for hydroxylation is 1. The number of halogens is 1. The minimum atomic E-state index is -1.01. The van der Waals surface area contributed by atoms with Crippen LogP contribution in [0.15, 0.2) is 54.6 Å². The number of anilines is 2. The molecule has 4 rings (SSSR count). The SMILES string of the molecule is CCN(N)c1ccc([C@H](c2ccc(C)c(CN3Cc4ccccc4OC(C)(C)C3)c2)C(C)C(=O)O)c(F)c1N. The number of hydrogen-bond acceptors (Lipinski definition) is 6. The molecule has 0 radical (unpaired) electrons. The summed E-state index contributed by atoms with van der Waals surface area (Å²) >= 11 is 0. The number of nitrogens with two attached hydrogens (primary N) is 2. The van der Waals surface area contributed by atoms with Crippen LogP contribution in [0.25, 0.3) is 0 Å². The Labute approximate surface area is 230 Å². The van der Waals surface area contributed by atoms with E-state index in [0.29, 0.717) is 25.3 Å². The van der Waals surface area contributed by atoms with Crippen molar-refractivity contribution >= 4 is 17.3 Å². The zero-order valence-electron chi connectivity index (χ0n) is 23.4. The minimum Gasteiger partial charge on any atom is -0.486 e. The van der Waals surface area contributed by atoms with Crippen LogP contribution in [0.1, 0.15) is 61.4 Å². The van der Waals surface area contributed by atoms with Gasteiger partial charge < -0.3 is 20.6 Å². The van der Waals surface area contributed by atoms with Crippen LogP contribution in [0, 0.1) is 18.7 Å². The number of carboxylic acids is 1. The smallest absolute Gasteiger partial charge is 0.307 e. The summed E-state index contributed by atoms with van der Waals surface area (Å²) in [5, 5.41) is 11.3. The average Bonchev–Trinajstić information content (AvgIpc) is 3.01. The lowest BCUT2D eigenvalue weighted by molar-refractivity contribution is -0.141. The maximum atomic E-state index is 15.7. The van der Waals surface area contributed by atoms with Crippen LogP contribution in [-0.2, 0) is 17.9 Å². The summed E-state index contributed by atoms with van der Waals surface area (Å²) in [7, 11) is 0. The number of hydrogen-bond donors (Lipinski definition) is 3. The molecule has 8 heteroatoms. The Morgan fingerprint density at radius 3 is 2.62 bits per heavy atom. The predicted molar refractivity (Wildman–Crippen MR) is 153 cm³/mol. The molecular formula is C31H39FN4O3. The van der Waals surface area contributed by atoms with Crippen molar-refractivity contribution < 1.29 is 19.0 Å². The molecule has 0 fully saturated rings. The maximum absolute atomic E-state index is 15.7. The number of para-hydroxylation sites is 1. The number of carboxylic acid groups (broad SMARTS) is 1. The van der Waals surface area contributed by atoms with E-state index in [1.165, 1.54) is 5.01 Å². The molecule has 2 atom stereocenters. The molecule has 1 aliphatic rings. The summed E-state index contributed by atoms with van der Waals surface area (Å²) in [5.41, 5.74) is 10.2. The summed E-state index contributed by atoms with van der Waals surface area (Å²) < 4.78 is 22.0. The Morgan fingerprint density at radius 1 is 1.21 bits per heavy atom. The van der Waals surface area contributed by atoms with Gasteiger partial charge in [0.1, 0.15) is 11.4 Å². The van der Waals surface area contributed by atoms with Crippen LogP contribution in [-0.4, -0.2) is 34.7 Å². The van der Waals surface area contributed by atoms with Crippen molar-refractivity contribution in [3.8, 4) is 5.75 Å². The van der Waals surface area contributed by atoms with E-state index in [1.54, 1.807) is 19.1 Å². The lowest BCUT2D eigenvalue weighted by Gasteiger charge is -2.30. The monoisotopic (exact) mass is 534 g/mol. The molecule has 0 aromatic heterocycles. The summed E-state index contributed by atoms with van der Waals surface area (Å²) in [6.07, 6.45) is 0. The first-order valence-corrected chi connectivity index (χ1v) is 13.3. The number of rotatable bonds is 8. The molecule has 1 aliphatic heterocycles. The first-order valence-electron chi connectivity index (χ1n) is 13.3. The zero-order valence-corrected chi connectivity index (χ0v) is 23.4. The fraction of sp³-hybridized carbons (Fsp3) is 0.387. The van der Waals surface area contributed by atoms with Gasteiger partial charge in [0, 0.05) is 37.7 Å². The molecule has 0 saturated heterocycles. The molecule has 0 amide bonds. The molecule has 1 heterocycles. The highest BCUT2D eigenvalue weighted by Crippen LogP contribution is 2.39. The average molecular weight is 535 g/mol.